The fraction of sp³-hybridized carbons (Fsp3) is 0.188. The lowest BCUT2D eigenvalue weighted by molar-refractivity contribution is -0.379. The first-order valence-electron chi connectivity index (χ1n) is 7.15. The second-order valence-corrected chi connectivity index (χ2v) is 6.27. The summed E-state index contributed by atoms with van der Waals surface area (Å²) in [5, 5.41) is 4.11. The fourth-order valence-electron chi connectivity index (χ4n) is 2.09. The number of H-pyrrole nitrogens is 1. The first-order chi connectivity index (χ1) is 11.8. The van der Waals surface area contributed by atoms with Gasteiger partial charge < -0.3 is 10.5 Å². The highest BCUT2D eigenvalue weighted by Gasteiger charge is 2.25. The number of nitrogen functional groups attached to an aromatic ring is 1. The summed E-state index contributed by atoms with van der Waals surface area (Å²) in [6, 6.07) is 7.55. The van der Waals surface area contributed by atoms with E-state index in [1.165, 1.54) is 0 Å². The Morgan fingerprint density at radius 1 is 1.28 bits per heavy atom. The monoisotopic (exact) mass is 401 g/mol. The summed E-state index contributed by atoms with van der Waals surface area (Å²) in [4.78, 5) is 14.8. The number of rotatable bonds is 5. The van der Waals surface area contributed by atoms with Crippen molar-refractivity contribution in [1.29, 1.82) is 0 Å². The third-order valence-electron chi connectivity index (χ3n) is 3.33. The maximum Gasteiger partial charge on any atom is 0.337 e. The molecule has 1 aromatic heterocycles. The van der Waals surface area contributed by atoms with Crippen LogP contribution in [0.25, 0.3) is 0 Å². The van der Waals surface area contributed by atoms with E-state index in [0.29, 0.717) is 12.1 Å². The van der Waals surface area contributed by atoms with Gasteiger partial charge in [0.1, 0.15) is 15.8 Å². The Labute approximate surface area is 159 Å². The van der Waals surface area contributed by atoms with Crippen LogP contribution in [-0.2, 0) is 6.42 Å². The van der Waals surface area contributed by atoms with Crippen LogP contribution in [0.3, 0.4) is 0 Å². The number of aromatic amines is 1. The number of hydrogen-bond acceptors (Lipinski definition) is 4. The van der Waals surface area contributed by atoms with E-state index < -0.39 is 5.91 Å². The van der Waals surface area contributed by atoms with Gasteiger partial charge in [-0.25, -0.2) is 5.43 Å². The van der Waals surface area contributed by atoms with Crippen molar-refractivity contribution in [3.05, 3.63) is 50.7 Å². The van der Waals surface area contributed by atoms with Crippen molar-refractivity contribution in [3.8, 4) is 5.75 Å². The molecule has 6 nitrogen and oxygen atoms in total. The molecule has 0 saturated carbocycles. The van der Waals surface area contributed by atoms with Gasteiger partial charge in [-0.2, -0.15) is 10.1 Å². The van der Waals surface area contributed by atoms with Gasteiger partial charge in [-0.15, -0.1) is 0 Å². The molecule has 0 aliphatic heterocycles. The molecular formula is C16H16Cl3N4O2+. The van der Waals surface area contributed by atoms with Gasteiger partial charge in [0.05, 0.1) is 12.8 Å². The predicted molar refractivity (Wildman–Crippen MR) is 99.7 cm³/mol. The first-order valence-corrected chi connectivity index (χ1v) is 8.29. The molecule has 2 rings (SSSR count). The highest BCUT2D eigenvalue weighted by atomic mass is 35.5. The number of hydrogen-bond donors (Lipinski definition) is 2. The molecule has 9 heteroatoms. The zero-order chi connectivity index (χ0) is 18.6. The first kappa shape index (κ1) is 19.3. The van der Waals surface area contributed by atoms with Crippen molar-refractivity contribution in [1.82, 2.24) is 5.43 Å². The zero-order valence-electron chi connectivity index (χ0n) is 13.5. The predicted octanol–water partition coefficient (Wildman–Crippen LogP) is 3.40. The van der Waals surface area contributed by atoms with E-state index in [9.17, 15) is 4.79 Å². The molecular weight excluding hydrogens is 387 g/mol. The number of carbonyl (C=O) groups is 1. The molecule has 0 radical (unpaired) electrons. The van der Waals surface area contributed by atoms with Crippen molar-refractivity contribution in [2.24, 2.45) is 5.10 Å². The second-order valence-electron chi connectivity index (χ2n) is 5.13. The lowest BCUT2D eigenvalue weighted by Gasteiger charge is -2.08. The molecule has 4 N–H and O–H groups in total. The summed E-state index contributed by atoms with van der Waals surface area (Å²) in [5.74, 6) is 0.159. The van der Waals surface area contributed by atoms with Crippen LogP contribution in [0.2, 0.25) is 15.2 Å². The number of amides is 1. The van der Waals surface area contributed by atoms with E-state index in [4.69, 9.17) is 45.3 Å². The number of para-hydroxylation sites is 1. The molecule has 1 amide bonds. The molecule has 1 heterocycles. The van der Waals surface area contributed by atoms with E-state index in [-0.39, 0.29) is 26.6 Å². The van der Waals surface area contributed by atoms with Crippen LogP contribution in [0, 0.1) is 0 Å². The largest absolute Gasteiger partial charge is 0.496 e. The lowest BCUT2D eigenvalue weighted by Crippen LogP contribution is -2.29. The Morgan fingerprint density at radius 3 is 2.64 bits per heavy atom. The number of anilines is 1. The van der Waals surface area contributed by atoms with Gasteiger partial charge in [0.15, 0.2) is 0 Å². The van der Waals surface area contributed by atoms with Gasteiger partial charge in [0.2, 0.25) is 0 Å². The number of halogens is 3. The summed E-state index contributed by atoms with van der Waals surface area (Å²) < 4.78 is 5.29. The molecule has 0 saturated heterocycles. The average molecular weight is 403 g/mol. The molecule has 132 valence electrons. The summed E-state index contributed by atoms with van der Waals surface area (Å²) >= 11 is 17.8. The summed E-state index contributed by atoms with van der Waals surface area (Å²) in [6.45, 7) is 1.78. The number of carbonyl (C=O) groups excluding carboxylic acids is 1. The number of benzene rings is 1. The fourth-order valence-corrected chi connectivity index (χ4v) is 2.71. The average Bonchev–Trinajstić information content (AvgIpc) is 2.61. The van der Waals surface area contributed by atoms with Gasteiger partial charge in [-0.1, -0.05) is 41.4 Å². The van der Waals surface area contributed by atoms with Crippen molar-refractivity contribution in [3.63, 3.8) is 0 Å². The number of methoxy groups -OCH3 is 1. The molecule has 25 heavy (non-hydrogen) atoms. The van der Waals surface area contributed by atoms with Crippen molar-refractivity contribution in [2.75, 3.05) is 12.8 Å². The molecule has 0 aliphatic carbocycles. The number of aromatic nitrogens is 1. The van der Waals surface area contributed by atoms with Crippen molar-refractivity contribution in [2.45, 2.75) is 13.3 Å². The maximum atomic E-state index is 12.2. The summed E-state index contributed by atoms with van der Waals surface area (Å²) in [6.07, 6.45) is 0.505. The lowest BCUT2D eigenvalue weighted by atomic mass is 10.1. The minimum atomic E-state index is -0.588. The van der Waals surface area contributed by atoms with Gasteiger partial charge in [-0.3, -0.25) is 4.79 Å². The van der Waals surface area contributed by atoms with E-state index in [0.717, 1.165) is 11.3 Å². The van der Waals surface area contributed by atoms with E-state index in [1.807, 2.05) is 24.3 Å². The SMILES string of the molecule is COc1ccccc1C/C(C)=N/NC(=O)c1[nH+]c(Cl)c(Cl)c(N)c1Cl. The Morgan fingerprint density at radius 2 is 1.96 bits per heavy atom. The minimum absolute atomic E-state index is 0.0171. The molecule has 0 bridgehead atoms. The van der Waals surface area contributed by atoms with Gasteiger partial charge in [0.25, 0.3) is 10.8 Å². The molecule has 0 unspecified atom stereocenters. The molecule has 0 atom stereocenters. The van der Waals surface area contributed by atoms with Crippen LogP contribution in [0.15, 0.2) is 29.4 Å². The smallest absolute Gasteiger partial charge is 0.337 e. The Bertz CT molecular complexity index is 840. The zero-order valence-corrected chi connectivity index (χ0v) is 15.8. The molecule has 0 fully saturated rings. The number of nitrogens with zero attached hydrogens (tertiary/aromatic N) is 1. The van der Waals surface area contributed by atoms with Crippen LogP contribution >= 0.6 is 34.8 Å². The van der Waals surface area contributed by atoms with E-state index >= 15 is 0 Å². The van der Waals surface area contributed by atoms with E-state index in [2.05, 4.69) is 15.5 Å². The van der Waals surface area contributed by atoms with Crippen LogP contribution in [-0.4, -0.2) is 18.7 Å². The molecule has 0 spiro atoms. The number of nitrogens with one attached hydrogen (secondary N) is 2. The molecule has 1 aromatic carbocycles. The maximum absolute atomic E-state index is 12.2. The van der Waals surface area contributed by atoms with Crippen LogP contribution < -0.4 is 20.9 Å². The third-order valence-corrected chi connectivity index (χ3v) is 4.50. The van der Waals surface area contributed by atoms with Crippen LogP contribution in [0.4, 0.5) is 5.69 Å². The van der Waals surface area contributed by atoms with Crippen molar-refractivity contribution >= 4 is 52.1 Å². The van der Waals surface area contributed by atoms with Gasteiger partial charge in [-0.05, 0) is 30.2 Å². The standard InChI is InChI=1S/C16H15Cl3N4O2/c1-8(7-9-5-3-4-6-10(9)25-2)22-23-16(24)14-11(17)13(20)12(18)15(19)21-14/h3-6H,7H2,1-2H3,(H2,20,21)(H,23,24)/p+1/b22-8+. The number of pyridine rings is 1. The Balaban J connectivity index is 2.15. The normalized spacial score (nSPS) is 11.3. The highest BCUT2D eigenvalue weighted by Crippen LogP contribution is 2.31. The number of ether oxygens (including phenoxy) is 1. The quantitative estimate of drug-likeness (QED) is 0.456. The minimum Gasteiger partial charge on any atom is -0.496 e. The molecule has 0 aliphatic rings. The summed E-state index contributed by atoms with van der Waals surface area (Å²) in [5.41, 5.74) is 9.73. The molecule has 2 aromatic rings. The van der Waals surface area contributed by atoms with Gasteiger partial charge in [0, 0.05) is 12.1 Å². The number of hydrazone groups is 1. The van der Waals surface area contributed by atoms with E-state index in [1.54, 1.807) is 14.0 Å². The highest BCUT2D eigenvalue weighted by molar-refractivity contribution is 6.45. The Hall–Kier alpha value is -2.02. The third kappa shape index (κ3) is 4.54. The van der Waals surface area contributed by atoms with Gasteiger partial charge >= 0.3 is 5.91 Å². The number of nitrogens with two attached hydrogens (primary N) is 1. The topological polar surface area (TPSA) is 90.8 Å². The van der Waals surface area contributed by atoms with Crippen molar-refractivity contribution < 1.29 is 14.5 Å². The second kappa shape index (κ2) is 8.38. The summed E-state index contributed by atoms with van der Waals surface area (Å²) in [7, 11) is 1.60. The van der Waals surface area contributed by atoms with Crippen LogP contribution in [0.1, 0.15) is 23.0 Å². The Kier molecular flexibility index (Phi) is 6.47. The van der Waals surface area contributed by atoms with Crippen LogP contribution in [0.5, 0.6) is 5.75 Å².